The summed E-state index contributed by atoms with van der Waals surface area (Å²) in [5.74, 6) is 0.316. The van der Waals surface area contributed by atoms with Crippen molar-refractivity contribution in [3.8, 4) is 5.75 Å². The molecular weight excluding hydrogens is 323 g/mol. The van der Waals surface area contributed by atoms with Crippen LogP contribution in [0.5, 0.6) is 5.75 Å². The molecule has 1 aromatic carbocycles. The first kappa shape index (κ1) is 14.9. The van der Waals surface area contributed by atoms with E-state index in [0.29, 0.717) is 17.9 Å². The van der Waals surface area contributed by atoms with Gasteiger partial charge in [0.2, 0.25) is 0 Å². The highest BCUT2D eigenvalue weighted by atomic mass is 79.9. The number of nitrogens with zero attached hydrogens (tertiary/aromatic N) is 1. The number of ether oxygens (including phenoxy) is 1. The Morgan fingerprint density at radius 3 is 2.90 bits per heavy atom. The summed E-state index contributed by atoms with van der Waals surface area (Å²) in [6, 6.07) is 5.94. The number of rotatable bonds is 5. The van der Waals surface area contributed by atoms with E-state index in [1.807, 2.05) is 6.92 Å². The first-order chi connectivity index (χ1) is 9.61. The Bertz CT molecular complexity index is 592. The molecule has 2 aromatic rings. The van der Waals surface area contributed by atoms with Gasteiger partial charge in [0, 0.05) is 16.2 Å². The Hall–Kier alpha value is -1.46. The first-order valence-corrected chi connectivity index (χ1v) is 7.19. The van der Waals surface area contributed by atoms with Gasteiger partial charge in [-0.25, -0.2) is 4.39 Å². The van der Waals surface area contributed by atoms with Crippen LogP contribution in [0.15, 0.2) is 41.1 Å². The number of halogens is 2. The maximum absolute atomic E-state index is 13.9. The van der Waals surface area contributed by atoms with E-state index < -0.39 is 6.04 Å². The molecule has 0 aliphatic heterocycles. The minimum absolute atomic E-state index is 0.333. The molecule has 0 fully saturated rings. The van der Waals surface area contributed by atoms with E-state index in [-0.39, 0.29) is 5.82 Å². The third kappa shape index (κ3) is 3.55. The minimum atomic E-state index is -0.579. The second kappa shape index (κ2) is 6.81. The summed E-state index contributed by atoms with van der Waals surface area (Å²) in [6.07, 6.45) is 4.17. The van der Waals surface area contributed by atoms with Crippen LogP contribution < -0.4 is 10.5 Å². The lowest BCUT2D eigenvalue weighted by Crippen LogP contribution is -2.14. The predicted molar refractivity (Wildman–Crippen MR) is 80.2 cm³/mol. The highest BCUT2D eigenvalue weighted by Crippen LogP contribution is 2.26. The molecular formula is C15H16BrFN2O. The lowest BCUT2D eigenvalue weighted by Gasteiger charge is -2.14. The molecule has 0 saturated heterocycles. The Labute approximate surface area is 126 Å². The second-order valence-corrected chi connectivity index (χ2v) is 5.36. The van der Waals surface area contributed by atoms with Crippen molar-refractivity contribution in [2.75, 3.05) is 6.61 Å². The summed E-state index contributed by atoms with van der Waals surface area (Å²) in [4.78, 5) is 4.10. The summed E-state index contributed by atoms with van der Waals surface area (Å²) in [6.45, 7) is 2.64. The van der Waals surface area contributed by atoms with E-state index in [0.717, 1.165) is 16.5 Å². The van der Waals surface area contributed by atoms with Crippen molar-refractivity contribution in [3.05, 3.63) is 58.1 Å². The normalized spacial score (nSPS) is 12.2. The lowest BCUT2D eigenvalue weighted by atomic mass is 10.0. The number of aromatic nitrogens is 1. The average molecular weight is 339 g/mol. The monoisotopic (exact) mass is 338 g/mol. The van der Waals surface area contributed by atoms with Crippen molar-refractivity contribution in [3.63, 3.8) is 0 Å². The van der Waals surface area contributed by atoms with Gasteiger partial charge >= 0.3 is 0 Å². The summed E-state index contributed by atoms with van der Waals surface area (Å²) in [5, 5.41) is 0. The van der Waals surface area contributed by atoms with Crippen molar-refractivity contribution in [2.45, 2.75) is 19.4 Å². The number of pyridine rings is 1. The van der Waals surface area contributed by atoms with Gasteiger partial charge in [-0.05, 0) is 36.2 Å². The van der Waals surface area contributed by atoms with E-state index in [9.17, 15) is 4.39 Å². The summed E-state index contributed by atoms with van der Waals surface area (Å²) in [5.41, 5.74) is 7.27. The molecule has 1 unspecified atom stereocenters. The molecule has 0 spiro atoms. The van der Waals surface area contributed by atoms with E-state index >= 15 is 0 Å². The largest absolute Gasteiger partial charge is 0.492 e. The Kier molecular flexibility index (Phi) is 5.09. The second-order valence-electron chi connectivity index (χ2n) is 4.45. The molecule has 0 saturated carbocycles. The zero-order valence-corrected chi connectivity index (χ0v) is 12.7. The zero-order valence-electron chi connectivity index (χ0n) is 11.1. The van der Waals surface area contributed by atoms with Gasteiger partial charge in [-0.1, -0.05) is 22.9 Å². The SMILES string of the molecule is CCCOc1cncc(C(N)c2cc(Br)ccc2F)c1. The van der Waals surface area contributed by atoms with Gasteiger partial charge in [-0.3, -0.25) is 4.98 Å². The highest BCUT2D eigenvalue weighted by molar-refractivity contribution is 9.10. The molecule has 5 heteroatoms. The summed E-state index contributed by atoms with van der Waals surface area (Å²) in [7, 11) is 0. The van der Waals surface area contributed by atoms with Crippen LogP contribution in [-0.4, -0.2) is 11.6 Å². The van der Waals surface area contributed by atoms with Crippen LogP contribution in [0.1, 0.15) is 30.5 Å². The van der Waals surface area contributed by atoms with Crippen molar-refractivity contribution < 1.29 is 9.13 Å². The van der Waals surface area contributed by atoms with Crippen molar-refractivity contribution in [1.82, 2.24) is 4.98 Å². The Morgan fingerprint density at radius 1 is 1.35 bits per heavy atom. The number of nitrogens with two attached hydrogens (primary N) is 1. The van der Waals surface area contributed by atoms with Crippen molar-refractivity contribution in [2.24, 2.45) is 5.73 Å². The fourth-order valence-electron chi connectivity index (χ4n) is 1.84. The van der Waals surface area contributed by atoms with Gasteiger partial charge < -0.3 is 10.5 Å². The standard InChI is InChI=1S/C15H16BrFN2O/c1-2-5-20-12-6-10(8-19-9-12)15(18)13-7-11(16)3-4-14(13)17/h3-4,6-9,15H,2,5,18H2,1H3. The maximum atomic E-state index is 13.9. The van der Waals surface area contributed by atoms with E-state index in [1.54, 1.807) is 30.6 Å². The van der Waals surface area contributed by atoms with Crippen LogP contribution in [0.4, 0.5) is 4.39 Å². The van der Waals surface area contributed by atoms with Gasteiger partial charge in [0.05, 0.1) is 18.8 Å². The molecule has 2 N–H and O–H groups in total. The van der Waals surface area contributed by atoms with Crippen LogP contribution in [0.2, 0.25) is 0 Å². The topological polar surface area (TPSA) is 48.1 Å². The van der Waals surface area contributed by atoms with Crippen LogP contribution >= 0.6 is 15.9 Å². The molecule has 1 aromatic heterocycles. The minimum Gasteiger partial charge on any atom is -0.492 e. The first-order valence-electron chi connectivity index (χ1n) is 6.40. The molecule has 106 valence electrons. The average Bonchev–Trinajstić information content (AvgIpc) is 2.47. The quantitative estimate of drug-likeness (QED) is 0.901. The molecule has 0 bridgehead atoms. The third-order valence-corrected chi connectivity index (χ3v) is 3.35. The van der Waals surface area contributed by atoms with E-state index in [4.69, 9.17) is 10.5 Å². The van der Waals surface area contributed by atoms with Gasteiger partial charge in [0.25, 0.3) is 0 Å². The maximum Gasteiger partial charge on any atom is 0.137 e. The van der Waals surface area contributed by atoms with Crippen LogP contribution in [0.3, 0.4) is 0 Å². The molecule has 3 nitrogen and oxygen atoms in total. The molecule has 0 aliphatic carbocycles. The highest BCUT2D eigenvalue weighted by Gasteiger charge is 2.15. The smallest absolute Gasteiger partial charge is 0.137 e. The fourth-order valence-corrected chi connectivity index (χ4v) is 2.22. The van der Waals surface area contributed by atoms with Crippen LogP contribution in [0.25, 0.3) is 0 Å². The fraction of sp³-hybridized carbons (Fsp3) is 0.267. The van der Waals surface area contributed by atoms with Gasteiger partial charge in [0.1, 0.15) is 11.6 Å². The Morgan fingerprint density at radius 2 is 2.15 bits per heavy atom. The van der Waals surface area contributed by atoms with Crippen molar-refractivity contribution >= 4 is 15.9 Å². The van der Waals surface area contributed by atoms with Gasteiger partial charge in [-0.2, -0.15) is 0 Å². The van der Waals surface area contributed by atoms with Crippen LogP contribution in [-0.2, 0) is 0 Å². The number of hydrogen-bond donors (Lipinski definition) is 1. The Balaban J connectivity index is 2.28. The number of benzene rings is 1. The van der Waals surface area contributed by atoms with Crippen LogP contribution in [0, 0.1) is 5.82 Å². The molecule has 0 radical (unpaired) electrons. The molecule has 20 heavy (non-hydrogen) atoms. The summed E-state index contributed by atoms with van der Waals surface area (Å²) < 4.78 is 20.2. The molecule has 2 rings (SSSR count). The predicted octanol–water partition coefficient (Wildman–Crippen LogP) is 3.82. The molecule has 1 atom stereocenters. The van der Waals surface area contributed by atoms with Gasteiger partial charge in [-0.15, -0.1) is 0 Å². The zero-order chi connectivity index (χ0) is 14.5. The van der Waals surface area contributed by atoms with Gasteiger partial charge in [0.15, 0.2) is 0 Å². The van der Waals surface area contributed by atoms with E-state index in [1.165, 1.54) is 6.07 Å². The number of hydrogen-bond acceptors (Lipinski definition) is 3. The lowest BCUT2D eigenvalue weighted by molar-refractivity contribution is 0.315. The molecule has 0 aliphatic rings. The van der Waals surface area contributed by atoms with E-state index in [2.05, 4.69) is 20.9 Å². The molecule has 0 amide bonds. The molecule has 1 heterocycles. The summed E-state index contributed by atoms with van der Waals surface area (Å²) >= 11 is 3.32. The third-order valence-electron chi connectivity index (χ3n) is 2.86. The van der Waals surface area contributed by atoms with Crippen molar-refractivity contribution in [1.29, 1.82) is 0 Å².